The van der Waals surface area contributed by atoms with Crippen LogP contribution in [0, 0.1) is 5.92 Å². The molecular formula is C16H19N5OS. The number of hydrogen-bond acceptors (Lipinski definition) is 6. The van der Waals surface area contributed by atoms with Crippen molar-refractivity contribution in [3.63, 3.8) is 0 Å². The number of anilines is 1. The summed E-state index contributed by atoms with van der Waals surface area (Å²) in [6.07, 6.45) is 5.69. The van der Waals surface area contributed by atoms with Crippen molar-refractivity contribution in [2.24, 2.45) is 5.92 Å². The van der Waals surface area contributed by atoms with Crippen LogP contribution in [0.15, 0.2) is 10.9 Å². The minimum atomic E-state index is 0.0519. The number of rotatable bonds is 4. The first-order valence-electron chi connectivity index (χ1n) is 8.44. The maximum Gasteiger partial charge on any atom is 0.267 e. The summed E-state index contributed by atoms with van der Waals surface area (Å²) in [5.74, 6) is 1.15. The molecule has 2 aliphatic carbocycles. The maximum absolute atomic E-state index is 12.2. The molecule has 0 aromatic carbocycles. The summed E-state index contributed by atoms with van der Waals surface area (Å²) in [7, 11) is 0. The third kappa shape index (κ3) is 2.47. The molecule has 0 N–H and O–H groups in total. The third-order valence-corrected chi connectivity index (χ3v) is 6.19. The molecule has 0 spiro atoms. The molecule has 1 saturated carbocycles. The van der Waals surface area contributed by atoms with Crippen LogP contribution in [0.2, 0.25) is 0 Å². The normalized spacial score (nSPS) is 20.6. The second kappa shape index (κ2) is 5.12. The van der Waals surface area contributed by atoms with Crippen LogP contribution in [0.3, 0.4) is 0 Å². The molecule has 0 amide bonds. The Labute approximate surface area is 138 Å². The summed E-state index contributed by atoms with van der Waals surface area (Å²) in [6.45, 7) is 2.62. The van der Waals surface area contributed by atoms with Crippen molar-refractivity contribution in [3.05, 3.63) is 32.7 Å². The highest BCUT2D eigenvalue weighted by atomic mass is 32.1. The molecule has 5 rings (SSSR count). The minimum Gasteiger partial charge on any atom is -0.346 e. The lowest BCUT2D eigenvalue weighted by Gasteiger charge is -2.38. The molecule has 2 fully saturated rings. The fourth-order valence-corrected chi connectivity index (χ4v) is 4.54. The van der Waals surface area contributed by atoms with Crippen LogP contribution in [0.5, 0.6) is 0 Å². The Morgan fingerprint density at radius 1 is 1.22 bits per heavy atom. The Morgan fingerprint density at radius 2 is 2.09 bits per heavy atom. The van der Waals surface area contributed by atoms with E-state index in [0.717, 1.165) is 55.3 Å². The zero-order chi connectivity index (χ0) is 15.4. The third-order valence-electron chi connectivity index (χ3n) is 5.04. The highest BCUT2D eigenvalue weighted by Gasteiger charge is 2.33. The van der Waals surface area contributed by atoms with E-state index in [2.05, 4.69) is 20.2 Å². The van der Waals surface area contributed by atoms with E-state index in [1.807, 2.05) is 0 Å². The van der Waals surface area contributed by atoms with Gasteiger partial charge in [0, 0.05) is 31.0 Å². The quantitative estimate of drug-likeness (QED) is 0.852. The zero-order valence-electron chi connectivity index (χ0n) is 12.9. The van der Waals surface area contributed by atoms with Gasteiger partial charge in [-0.25, -0.2) is 4.68 Å². The van der Waals surface area contributed by atoms with Crippen LogP contribution in [-0.2, 0) is 19.4 Å². The lowest BCUT2D eigenvalue weighted by atomic mass is 10.0. The topological polar surface area (TPSA) is 63.9 Å². The van der Waals surface area contributed by atoms with Gasteiger partial charge >= 0.3 is 0 Å². The number of aryl methyl sites for hydroxylation is 2. The molecule has 2 aromatic rings. The van der Waals surface area contributed by atoms with Crippen molar-refractivity contribution in [1.29, 1.82) is 0 Å². The Morgan fingerprint density at radius 3 is 2.91 bits per heavy atom. The van der Waals surface area contributed by atoms with E-state index in [0.29, 0.717) is 11.8 Å². The van der Waals surface area contributed by atoms with E-state index in [1.165, 1.54) is 17.8 Å². The maximum atomic E-state index is 12.2. The monoisotopic (exact) mass is 329 g/mol. The molecule has 3 aliphatic rings. The van der Waals surface area contributed by atoms with Gasteiger partial charge in [0.1, 0.15) is 5.01 Å². The van der Waals surface area contributed by atoms with Crippen molar-refractivity contribution in [1.82, 2.24) is 20.0 Å². The summed E-state index contributed by atoms with van der Waals surface area (Å²) < 4.78 is 1.67. The van der Waals surface area contributed by atoms with E-state index >= 15 is 0 Å². The highest BCUT2D eigenvalue weighted by molar-refractivity contribution is 7.15. The molecule has 0 unspecified atom stereocenters. The van der Waals surface area contributed by atoms with Gasteiger partial charge in [0.05, 0.1) is 12.2 Å². The van der Waals surface area contributed by atoms with Gasteiger partial charge in [0.25, 0.3) is 5.56 Å². The van der Waals surface area contributed by atoms with Gasteiger partial charge < -0.3 is 4.90 Å². The number of fused-ring (bicyclic) bond motifs is 1. The van der Waals surface area contributed by atoms with Gasteiger partial charge in [-0.2, -0.15) is 5.10 Å². The van der Waals surface area contributed by atoms with Crippen LogP contribution < -0.4 is 10.5 Å². The molecular weight excluding hydrogens is 310 g/mol. The van der Waals surface area contributed by atoms with E-state index in [4.69, 9.17) is 0 Å². The van der Waals surface area contributed by atoms with E-state index in [9.17, 15) is 4.79 Å². The number of aromatic nitrogens is 4. The molecule has 0 bridgehead atoms. The molecule has 1 saturated heterocycles. The predicted octanol–water partition coefficient (Wildman–Crippen LogP) is 1.60. The van der Waals surface area contributed by atoms with E-state index in [-0.39, 0.29) is 5.56 Å². The zero-order valence-corrected chi connectivity index (χ0v) is 13.8. The lowest BCUT2D eigenvalue weighted by Crippen LogP contribution is -2.49. The van der Waals surface area contributed by atoms with Crippen molar-refractivity contribution in [3.8, 4) is 0 Å². The first kappa shape index (κ1) is 13.7. The van der Waals surface area contributed by atoms with Crippen LogP contribution in [0.25, 0.3) is 0 Å². The second-order valence-corrected chi connectivity index (χ2v) is 7.95. The fraction of sp³-hybridized carbons (Fsp3) is 0.625. The average Bonchev–Trinajstić information content (AvgIpc) is 3.06. The van der Waals surface area contributed by atoms with Crippen LogP contribution in [-0.4, -0.2) is 33.1 Å². The molecule has 120 valence electrons. The van der Waals surface area contributed by atoms with Crippen molar-refractivity contribution in [2.75, 3.05) is 18.0 Å². The molecule has 6 nitrogen and oxygen atoms in total. The summed E-state index contributed by atoms with van der Waals surface area (Å²) >= 11 is 1.73. The van der Waals surface area contributed by atoms with Gasteiger partial charge in [-0.15, -0.1) is 10.2 Å². The van der Waals surface area contributed by atoms with Gasteiger partial charge in [0.2, 0.25) is 5.13 Å². The highest BCUT2D eigenvalue weighted by Crippen LogP contribution is 2.43. The largest absolute Gasteiger partial charge is 0.346 e. The molecule has 0 radical (unpaired) electrons. The number of nitrogens with zero attached hydrogens (tertiary/aromatic N) is 5. The first-order chi connectivity index (χ1) is 11.3. The van der Waals surface area contributed by atoms with Crippen LogP contribution in [0.4, 0.5) is 5.13 Å². The Bertz CT molecular complexity index is 803. The minimum absolute atomic E-state index is 0.0519. The van der Waals surface area contributed by atoms with Crippen molar-refractivity contribution < 1.29 is 0 Å². The Hall–Kier alpha value is -1.76. The average molecular weight is 329 g/mol. The number of hydrogen-bond donors (Lipinski definition) is 0. The van der Waals surface area contributed by atoms with Gasteiger partial charge in [-0.05, 0) is 37.7 Å². The molecule has 23 heavy (non-hydrogen) atoms. The molecule has 1 aliphatic heterocycles. The predicted molar refractivity (Wildman–Crippen MR) is 88.1 cm³/mol. The van der Waals surface area contributed by atoms with Gasteiger partial charge in [-0.3, -0.25) is 4.79 Å². The van der Waals surface area contributed by atoms with Crippen LogP contribution in [0.1, 0.15) is 41.4 Å². The summed E-state index contributed by atoms with van der Waals surface area (Å²) in [6, 6.07) is 1.79. The van der Waals surface area contributed by atoms with Crippen molar-refractivity contribution in [2.45, 2.75) is 44.6 Å². The molecule has 0 atom stereocenters. The smallest absolute Gasteiger partial charge is 0.267 e. The first-order valence-corrected chi connectivity index (χ1v) is 9.26. The molecule has 7 heteroatoms. The van der Waals surface area contributed by atoms with Gasteiger partial charge in [0.15, 0.2) is 0 Å². The SMILES string of the molecule is O=c1cc2c(nn1CC1CN(c3nnc(C4CC4)s3)C1)CCC2. The van der Waals surface area contributed by atoms with Crippen LogP contribution >= 0.6 is 11.3 Å². The Kier molecular flexibility index (Phi) is 3.04. The standard InChI is InChI=1S/C16H19N5OS/c22-14-6-12-2-1-3-13(12)19-21(14)9-10-7-20(8-10)16-18-17-15(23-16)11-4-5-11/h6,10-11H,1-5,7-9H2. The fourth-order valence-electron chi connectivity index (χ4n) is 3.51. The molecule has 3 heterocycles. The van der Waals surface area contributed by atoms with Crippen molar-refractivity contribution >= 4 is 16.5 Å². The van der Waals surface area contributed by atoms with E-state index < -0.39 is 0 Å². The summed E-state index contributed by atoms with van der Waals surface area (Å²) in [5.41, 5.74) is 2.33. The summed E-state index contributed by atoms with van der Waals surface area (Å²) in [5, 5.41) is 15.4. The summed E-state index contributed by atoms with van der Waals surface area (Å²) in [4.78, 5) is 14.4. The Balaban J connectivity index is 1.24. The van der Waals surface area contributed by atoms with E-state index in [1.54, 1.807) is 22.1 Å². The van der Waals surface area contributed by atoms with Gasteiger partial charge in [-0.1, -0.05) is 11.3 Å². The second-order valence-electron chi connectivity index (χ2n) is 6.96. The lowest BCUT2D eigenvalue weighted by molar-refractivity contribution is 0.332. The molecule has 2 aromatic heterocycles.